The lowest BCUT2D eigenvalue weighted by Gasteiger charge is -2.49. The van der Waals surface area contributed by atoms with Crippen LogP contribution in [0.1, 0.15) is 48.5 Å². The molecule has 2 amide bonds. The van der Waals surface area contributed by atoms with Crippen molar-refractivity contribution in [3.8, 4) is 5.75 Å². The van der Waals surface area contributed by atoms with Crippen molar-refractivity contribution >= 4 is 17.8 Å². The maximum atomic E-state index is 14.0. The number of benzene rings is 2. The van der Waals surface area contributed by atoms with Gasteiger partial charge >= 0.3 is 5.97 Å². The van der Waals surface area contributed by atoms with Gasteiger partial charge in [0.2, 0.25) is 0 Å². The van der Waals surface area contributed by atoms with E-state index in [0.717, 1.165) is 36.9 Å². The molecule has 3 aliphatic rings. The van der Waals surface area contributed by atoms with Crippen LogP contribution in [0.3, 0.4) is 0 Å². The van der Waals surface area contributed by atoms with E-state index >= 15 is 0 Å². The SMILES string of the molecule is CCOC(=O)C1=C(N2CCN(C(=O)c3ccc(OC)cc3)CC2)C2CCCCC2N(Cc2ccc(F)cc2)C1=O. The van der Waals surface area contributed by atoms with Crippen molar-refractivity contribution in [3.63, 3.8) is 0 Å². The second-order valence-corrected chi connectivity index (χ2v) is 10.5. The number of amides is 2. The molecular formula is C31H36FN3O5. The predicted octanol–water partition coefficient (Wildman–Crippen LogP) is 4.01. The van der Waals surface area contributed by atoms with Gasteiger partial charge in [-0.15, -0.1) is 0 Å². The van der Waals surface area contributed by atoms with Gasteiger partial charge < -0.3 is 24.2 Å². The zero-order valence-corrected chi connectivity index (χ0v) is 23.1. The molecule has 0 aromatic heterocycles. The van der Waals surface area contributed by atoms with Crippen LogP contribution in [-0.2, 0) is 20.9 Å². The lowest BCUT2D eigenvalue weighted by atomic mass is 9.76. The minimum absolute atomic E-state index is 0.00450. The second kappa shape index (κ2) is 12.1. The average Bonchev–Trinajstić information content (AvgIpc) is 2.99. The van der Waals surface area contributed by atoms with Gasteiger partial charge in [0, 0.05) is 55.9 Å². The van der Waals surface area contributed by atoms with Gasteiger partial charge in [-0.2, -0.15) is 0 Å². The number of methoxy groups -OCH3 is 1. The summed E-state index contributed by atoms with van der Waals surface area (Å²) in [5.74, 6) is -0.636. The van der Waals surface area contributed by atoms with Gasteiger partial charge in [-0.25, -0.2) is 9.18 Å². The largest absolute Gasteiger partial charge is 0.497 e. The Morgan fingerprint density at radius 2 is 1.62 bits per heavy atom. The molecule has 5 rings (SSSR count). The summed E-state index contributed by atoms with van der Waals surface area (Å²) in [6, 6.07) is 13.2. The predicted molar refractivity (Wildman–Crippen MR) is 147 cm³/mol. The maximum Gasteiger partial charge on any atom is 0.345 e. The molecule has 0 spiro atoms. The van der Waals surface area contributed by atoms with E-state index in [1.807, 2.05) is 4.90 Å². The molecule has 1 aliphatic carbocycles. The summed E-state index contributed by atoms with van der Waals surface area (Å²) in [6.07, 6.45) is 3.71. The minimum Gasteiger partial charge on any atom is -0.497 e. The van der Waals surface area contributed by atoms with Crippen LogP contribution < -0.4 is 4.74 Å². The van der Waals surface area contributed by atoms with Crippen molar-refractivity contribution < 1.29 is 28.2 Å². The molecule has 2 unspecified atom stereocenters. The fourth-order valence-corrected chi connectivity index (χ4v) is 6.22. The number of carbonyl (C=O) groups is 3. The van der Waals surface area contributed by atoms with Crippen LogP contribution in [0, 0.1) is 11.7 Å². The van der Waals surface area contributed by atoms with E-state index in [1.165, 1.54) is 12.1 Å². The van der Waals surface area contributed by atoms with Crippen LogP contribution >= 0.6 is 0 Å². The Labute approximate surface area is 234 Å². The van der Waals surface area contributed by atoms with Crippen LogP contribution in [0.5, 0.6) is 5.75 Å². The fourth-order valence-electron chi connectivity index (χ4n) is 6.22. The topological polar surface area (TPSA) is 79.4 Å². The van der Waals surface area contributed by atoms with Crippen LogP contribution in [0.25, 0.3) is 0 Å². The number of piperazine rings is 1. The Balaban J connectivity index is 1.41. The number of fused-ring (bicyclic) bond motifs is 1. The number of nitrogens with zero attached hydrogens (tertiary/aromatic N) is 3. The molecule has 40 heavy (non-hydrogen) atoms. The monoisotopic (exact) mass is 549 g/mol. The lowest BCUT2D eigenvalue weighted by Crippen LogP contribution is -2.57. The molecule has 9 heteroatoms. The van der Waals surface area contributed by atoms with Gasteiger partial charge in [-0.05, 0) is 61.7 Å². The Bertz CT molecular complexity index is 1270. The highest BCUT2D eigenvalue weighted by atomic mass is 19.1. The third-order valence-electron chi connectivity index (χ3n) is 8.20. The standard InChI is InChI=1S/C31H36FN3O5/c1-3-40-31(38)27-28(33-16-18-34(19-17-33)29(36)22-10-14-24(39-2)15-11-22)25-6-4-5-7-26(25)35(30(27)37)20-21-8-12-23(32)13-9-21/h8-15,25-26H,3-7,16-20H2,1-2H3. The molecule has 2 aliphatic heterocycles. The van der Waals surface area contributed by atoms with E-state index in [0.29, 0.717) is 44.0 Å². The van der Waals surface area contributed by atoms with Gasteiger partial charge in [0.25, 0.3) is 11.8 Å². The first-order chi connectivity index (χ1) is 19.4. The number of hydrogen-bond donors (Lipinski definition) is 0. The summed E-state index contributed by atoms with van der Waals surface area (Å²) < 4.78 is 24.1. The van der Waals surface area contributed by atoms with E-state index in [9.17, 15) is 18.8 Å². The lowest BCUT2D eigenvalue weighted by molar-refractivity contribution is -0.145. The third-order valence-corrected chi connectivity index (χ3v) is 8.20. The zero-order valence-electron chi connectivity index (χ0n) is 23.1. The fraction of sp³-hybridized carbons (Fsp3) is 0.452. The average molecular weight is 550 g/mol. The van der Waals surface area contributed by atoms with Crippen molar-refractivity contribution in [1.82, 2.24) is 14.7 Å². The second-order valence-electron chi connectivity index (χ2n) is 10.5. The molecule has 2 atom stereocenters. The molecule has 2 heterocycles. The highest BCUT2D eigenvalue weighted by Crippen LogP contribution is 2.42. The molecule has 0 radical (unpaired) electrons. The molecule has 0 N–H and O–H groups in total. The van der Waals surface area contributed by atoms with E-state index in [1.54, 1.807) is 55.3 Å². The van der Waals surface area contributed by atoms with Crippen molar-refractivity contribution in [2.24, 2.45) is 5.92 Å². The molecule has 2 fully saturated rings. The first-order valence-electron chi connectivity index (χ1n) is 14.1. The third kappa shape index (κ3) is 5.55. The molecule has 2 aromatic carbocycles. The van der Waals surface area contributed by atoms with E-state index in [2.05, 4.69) is 4.90 Å². The molecular weight excluding hydrogens is 513 g/mol. The molecule has 8 nitrogen and oxygen atoms in total. The Hall–Kier alpha value is -3.88. The van der Waals surface area contributed by atoms with Gasteiger partial charge in [0.05, 0.1) is 13.7 Å². The highest BCUT2D eigenvalue weighted by molar-refractivity contribution is 6.17. The summed E-state index contributed by atoms with van der Waals surface area (Å²) in [5.41, 5.74) is 2.27. The van der Waals surface area contributed by atoms with Gasteiger partial charge in [-0.3, -0.25) is 9.59 Å². The summed E-state index contributed by atoms with van der Waals surface area (Å²) in [6.45, 7) is 4.21. The number of hydrogen-bond acceptors (Lipinski definition) is 6. The summed E-state index contributed by atoms with van der Waals surface area (Å²) in [5, 5.41) is 0. The summed E-state index contributed by atoms with van der Waals surface area (Å²) in [7, 11) is 1.59. The molecule has 1 saturated carbocycles. The number of rotatable bonds is 7. The number of halogens is 1. The molecule has 212 valence electrons. The Kier molecular flexibility index (Phi) is 8.38. The number of esters is 1. The van der Waals surface area contributed by atoms with E-state index in [-0.39, 0.29) is 41.8 Å². The highest BCUT2D eigenvalue weighted by Gasteiger charge is 2.47. The quantitative estimate of drug-likeness (QED) is 0.384. The zero-order chi connectivity index (χ0) is 28.2. The number of carbonyl (C=O) groups excluding carboxylic acids is 3. The first-order valence-corrected chi connectivity index (χ1v) is 14.1. The van der Waals surface area contributed by atoms with Gasteiger partial charge in [0.1, 0.15) is 17.1 Å². The van der Waals surface area contributed by atoms with Crippen LogP contribution in [0.2, 0.25) is 0 Å². The van der Waals surface area contributed by atoms with Gasteiger partial charge in [0.15, 0.2) is 0 Å². The smallest absolute Gasteiger partial charge is 0.345 e. The van der Waals surface area contributed by atoms with Crippen molar-refractivity contribution in [2.45, 2.75) is 45.2 Å². The summed E-state index contributed by atoms with van der Waals surface area (Å²) >= 11 is 0. The van der Waals surface area contributed by atoms with Crippen molar-refractivity contribution in [3.05, 3.63) is 76.7 Å². The Morgan fingerprint density at radius 3 is 2.27 bits per heavy atom. The maximum absolute atomic E-state index is 14.0. The van der Waals surface area contributed by atoms with E-state index in [4.69, 9.17) is 9.47 Å². The number of ether oxygens (including phenoxy) is 2. The summed E-state index contributed by atoms with van der Waals surface area (Å²) in [4.78, 5) is 46.2. The first kappa shape index (κ1) is 27.7. The van der Waals surface area contributed by atoms with Crippen LogP contribution in [-0.4, -0.2) is 78.4 Å². The molecule has 0 bridgehead atoms. The van der Waals surface area contributed by atoms with Crippen molar-refractivity contribution in [1.29, 1.82) is 0 Å². The molecule has 1 saturated heterocycles. The molecule has 2 aromatic rings. The normalized spacial score (nSPS) is 21.3. The Morgan fingerprint density at radius 1 is 0.950 bits per heavy atom. The van der Waals surface area contributed by atoms with Crippen LogP contribution in [0.4, 0.5) is 4.39 Å². The minimum atomic E-state index is -0.604. The van der Waals surface area contributed by atoms with Crippen LogP contribution in [0.15, 0.2) is 59.8 Å². The van der Waals surface area contributed by atoms with Gasteiger partial charge in [-0.1, -0.05) is 25.0 Å². The van der Waals surface area contributed by atoms with Crippen molar-refractivity contribution in [2.75, 3.05) is 39.9 Å². The van der Waals surface area contributed by atoms with E-state index < -0.39 is 5.97 Å².